The van der Waals surface area contributed by atoms with Crippen molar-refractivity contribution in [3.63, 3.8) is 0 Å². The van der Waals surface area contributed by atoms with E-state index in [1.54, 1.807) is 24.9 Å². The Hall–Kier alpha value is -1.54. The molecule has 20 heavy (non-hydrogen) atoms. The standard InChI is InChI=1S/C12H20N6OS/c1-4-13-11-16-9(8-5-15-18-10(8)17-11)14-6-12(2,19)7-20-3/h5,19H,4,6-7H2,1-3H3,(H3,13,14,15,16,17,18). The summed E-state index contributed by atoms with van der Waals surface area (Å²) < 4.78 is 0. The molecule has 0 spiro atoms. The summed E-state index contributed by atoms with van der Waals surface area (Å²) in [7, 11) is 0. The van der Waals surface area contributed by atoms with Gasteiger partial charge in [0, 0.05) is 18.8 Å². The Kier molecular flexibility index (Phi) is 4.66. The molecule has 0 aliphatic carbocycles. The molecule has 110 valence electrons. The summed E-state index contributed by atoms with van der Waals surface area (Å²) in [6.07, 6.45) is 3.65. The van der Waals surface area contributed by atoms with Gasteiger partial charge in [-0.25, -0.2) is 0 Å². The molecule has 8 heteroatoms. The number of aromatic nitrogens is 4. The van der Waals surface area contributed by atoms with E-state index in [9.17, 15) is 5.11 Å². The van der Waals surface area contributed by atoms with Gasteiger partial charge in [-0.05, 0) is 20.1 Å². The Morgan fingerprint density at radius 2 is 2.20 bits per heavy atom. The van der Waals surface area contributed by atoms with E-state index < -0.39 is 5.60 Å². The minimum Gasteiger partial charge on any atom is -0.387 e. The van der Waals surface area contributed by atoms with E-state index in [1.807, 2.05) is 13.2 Å². The molecular formula is C12H20N6OS. The van der Waals surface area contributed by atoms with Gasteiger partial charge in [0.15, 0.2) is 5.65 Å². The number of hydrogen-bond acceptors (Lipinski definition) is 7. The van der Waals surface area contributed by atoms with E-state index in [0.717, 1.165) is 11.9 Å². The van der Waals surface area contributed by atoms with Crippen LogP contribution in [0.4, 0.5) is 11.8 Å². The zero-order valence-electron chi connectivity index (χ0n) is 11.9. The lowest BCUT2D eigenvalue weighted by molar-refractivity contribution is 0.0996. The van der Waals surface area contributed by atoms with E-state index in [0.29, 0.717) is 29.7 Å². The third-order valence-electron chi connectivity index (χ3n) is 2.74. The maximum atomic E-state index is 10.2. The Labute approximate surface area is 122 Å². The Morgan fingerprint density at radius 1 is 1.40 bits per heavy atom. The van der Waals surface area contributed by atoms with Crippen LogP contribution in [0.5, 0.6) is 0 Å². The van der Waals surface area contributed by atoms with Crippen molar-refractivity contribution in [2.45, 2.75) is 19.4 Å². The number of nitrogens with one attached hydrogen (secondary N) is 3. The second-order valence-corrected chi connectivity index (χ2v) is 5.71. The van der Waals surface area contributed by atoms with Gasteiger partial charge in [0.05, 0.1) is 17.2 Å². The highest BCUT2D eigenvalue weighted by Crippen LogP contribution is 2.21. The first kappa shape index (κ1) is 14.9. The van der Waals surface area contributed by atoms with Crippen LogP contribution >= 0.6 is 11.8 Å². The second kappa shape index (κ2) is 6.27. The lowest BCUT2D eigenvalue weighted by Gasteiger charge is -2.23. The van der Waals surface area contributed by atoms with Gasteiger partial charge in [0.2, 0.25) is 5.95 Å². The fraction of sp³-hybridized carbons (Fsp3) is 0.583. The van der Waals surface area contributed by atoms with Crippen molar-refractivity contribution in [3.8, 4) is 0 Å². The maximum absolute atomic E-state index is 10.2. The molecule has 7 nitrogen and oxygen atoms in total. The summed E-state index contributed by atoms with van der Waals surface area (Å²) in [5.74, 6) is 1.86. The first-order valence-corrected chi connectivity index (χ1v) is 7.85. The minimum absolute atomic E-state index is 0.413. The quantitative estimate of drug-likeness (QED) is 0.611. The van der Waals surface area contributed by atoms with Gasteiger partial charge >= 0.3 is 0 Å². The number of aromatic amines is 1. The molecule has 0 aliphatic heterocycles. The van der Waals surface area contributed by atoms with Crippen molar-refractivity contribution in [2.75, 3.05) is 35.7 Å². The third-order valence-corrected chi connectivity index (χ3v) is 3.65. The van der Waals surface area contributed by atoms with Crippen molar-refractivity contribution in [3.05, 3.63) is 6.20 Å². The van der Waals surface area contributed by atoms with Crippen molar-refractivity contribution in [1.82, 2.24) is 20.2 Å². The summed E-state index contributed by atoms with van der Waals surface area (Å²) in [5.41, 5.74) is -0.123. The fourth-order valence-corrected chi connectivity index (χ4v) is 2.57. The first-order chi connectivity index (χ1) is 9.55. The van der Waals surface area contributed by atoms with Gasteiger partial charge in [-0.1, -0.05) is 0 Å². The lowest BCUT2D eigenvalue weighted by atomic mass is 10.1. The smallest absolute Gasteiger partial charge is 0.226 e. The lowest BCUT2D eigenvalue weighted by Crippen LogP contribution is -2.36. The molecule has 0 saturated heterocycles. The molecule has 4 N–H and O–H groups in total. The zero-order chi connectivity index (χ0) is 14.6. The maximum Gasteiger partial charge on any atom is 0.226 e. The van der Waals surface area contributed by atoms with Crippen molar-refractivity contribution >= 4 is 34.6 Å². The van der Waals surface area contributed by atoms with E-state index >= 15 is 0 Å². The SMILES string of the molecule is CCNc1nc(NCC(C)(O)CSC)c2cn[nH]c2n1. The van der Waals surface area contributed by atoms with Gasteiger partial charge in [-0.3, -0.25) is 5.10 Å². The summed E-state index contributed by atoms with van der Waals surface area (Å²) in [6, 6.07) is 0. The summed E-state index contributed by atoms with van der Waals surface area (Å²) in [5, 5.41) is 24.1. The van der Waals surface area contributed by atoms with Crippen LogP contribution in [0.25, 0.3) is 11.0 Å². The summed E-state index contributed by atoms with van der Waals surface area (Å²) >= 11 is 1.61. The number of rotatable bonds is 7. The molecule has 1 atom stereocenters. The van der Waals surface area contributed by atoms with Crippen molar-refractivity contribution < 1.29 is 5.11 Å². The Bertz CT molecular complexity index is 570. The largest absolute Gasteiger partial charge is 0.387 e. The number of thioether (sulfide) groups is 1. The van der Waals surface area contributed by atoms with Crippen LogP contribution in [0.15, 0.2) is 6.20 Å². The molecule has 0 amide bonds. The molecule has 1 unspecified atom stereocenters. The van der Waals surface area contributed by atoms with E-state index in [-0.39, 0.29) is 0 Å². The first-order valence-electron chi connectivity index (χ1n) is 6.46. The number of H-pyrrole nitrogens is 1. The molecule has 0 radical (unpaired) electrons. The minimum atomic E-state index is -0.793. The van der Waals surface area contributed by atoms with Crippen LogP contribution in [0.3, 0.4) is 0 Å². The molecule has 2 heterocycles. The second-order valence-electron chi connectivity index (χ2n) is 4.84. The van der Waals surface area contributed by atoms with Crippen molar-refractivity contribution in [2.24, 2.45) is 0 Å². The van der Waals surface area contributed by atoms with Gasteiger partial charge < -0.3 is 15.7 Å². The van der Waals surface area contributed by atoms with E-state index in [2.05, 4.69) is 30.8 Å². The van der Waals surface area contributed by atoms with Crippen LogP contribution in [0, 0.1) is 0 Å². The zero-order valence-corrected chi connectivity index (χ0v) is 12.7. The molecule has 2 aromatic rings. The summed E-state index contributed by atoms with van der Waals surface area (Å²) in [4.78, 5) is 8.73. The van der Waals surface area contributed by atoms with Gasteiger partial charge in [-0.2, -0.15) is 26.8 Å². The van der Waals surface area contributed by atoms with Gasteiger partial charge in [0.1, 0.15) is 5.82 Å². The molecule has 2 aromatic heterocycles. The average Bonchev–Trinajstić information content (AvgIpc) is 2.84. The molecule has 0 aromatic carbocycles. The van der Waals surface area contributed by atoms with Crippen LogP contribution < -0.4 is 10.6 Å². The number of fused-ring (bicyclic) bond motifs is 1. The molecular weight excluding hydrogens is 276 g/mol. The Morgan fingerprint density at radius 3 is 2.90 bits per heavy atom. The molecule has 2 rings (SSSR count). The molecule has 0 bridgehead atoms. The highest BCUT2D eigenvalue weighted by molar-refractivity contribution is 7.98. The van der Waals surface area contributed by atoms with E-state index in [4.69, 9.17) is 0 Å². The van der Waals surface area contributed by atoms with Crippen LogP contribution in [0.2, 0.25) is 0 Å². The highest BCUT2D eigenvalue weighted by Gasteiger charge is 2.20. The summed E-state index contributed by atoms with van der Waals surface area (Å²) in [6.45, 7) is 4.94. The molecule has 0 fully saturated rings. The van der Waals surface area contributed by atoms with Crippen LogP contribution in [-0.4, -0.2) is 56.0 Å². The average molecular weight is 296 g/mol. The molecule has 0 saturated carbocycles. The van der Waals surface area contributed by atoms with Crippen LogP contribution in [-0.2, 0) is 0 Å². The third kappa shape index (κ3) is 3.51. The number of nitrogens with zero attached hydrogens (tertiary/aromatic N) is 3. The number of hydrogen-bond donors (Lipinski definition) is 4. The van der Waals surface area contributed by atoms with Crippen molar-refractivity contribution in [1.29, 1.82) is 0 Å². The number of anilines is 2. The fourth-order valence-electron chi connectivity index (χ4n) is 1.84. The molecule has 0 aliphatic rings. The monoisotopic (exact) mass is 296 g/mol. The topological polar surface area (TPSA) is 98.8 Å². The predicted molar refractivity (Wildman–Crippen MR) is 83.3 cm³/mol. The van der Waals surface area contributed by atoms with E-state index in [1.165, 1.54) is 0 Å². The Balaban J connectivity index is 2.21. The van der Waals surface area contributed by atoms with Gasteiger partial charge in [0.25, 0.3) is 0 Å². The highest BCUT2D eigenvalue weighted by atomic mass is 32.2. The van der Waals surface area contributed by atoms with Crippen LogP contribution in [0.1, 0.15) is 13.8 Å². The predicted octanol–water partition coefficient (Wildman–Crippen LogP) is 1.31. The number of aliphatic hydroxyl groups is 1. The normalized spacial score (nSPS) is 14.2. The van der Waals surface area contributed by atoms with Gasteiger partial charge in [-0.15, -0.1) is 0 Å².